The minimum Gasteiger partial charge on any atom is -0.332 e. The molecule has 1 aliphatic heterocycles. The summed E-state index contributed by atoms with van der Waals surface area (Å²) in [6.45, 7) is 4.68. The van der Waals surface area contributed by atoms with Gasteiger partial charge in [-0.05, 0) is 80.4 Å². The number of anilines is 2. The third-order valence-electron chi connectivity index (χ3n) is 5.08. The van der Waals surface area contributed by atoms with E-state index in [9.17, 15) is 8.42 Å². The third-order valence-corrected chi connectivity index (χ3v) is 7.31. The number of hydrogen-bond acceptors (Lipinski definition) is 3. The van der Waals surface area contributed by atoms with Crippen molar-refractivity contribution in [3.05, 3.63) is 54.1 Å². The number of rotatable bonds is 5. The molecule has 150 valence electrons. The standard InChI is InChI=1S/C21H27N3O2S2/c1-3-17-7-9-18(10-8-17)22-21(27)23-19-11-13-20(14-12-19)28(25,26)24-15-5-4-6-16(24)2/h7-14,16H,3-6,15H2,1-2H3,(H2,22,23,27). The first-order valence-corrected chi connectivity index (χ1v) is 11.5. The van der Waals surface area contributed by atoms with Gasteiger partial charge in [0.2, 0.25) is 10.0 Å². The van der Waals surface area contributed by atoms with Crippen LogP contribution in [0.2, 0.25) is 0 Å². The van der Waals surface area contributed by atoms with Gasteiger partial charge in [0.15, 0.2) is 5.11 Å². The molecule has 0 amide bonds. The minimum absolute atomic E-state index is 0.0485. The van der Waals surface area contributed by atoms with Gasteiger partial charge in [0, 0.05) is 24.0 Å². The molecule has 2 N–H and O–H groups in total. The predicted molar refractivity (Wildman–Crippen MR) is 119 cm³/mol. The Bertz CT molecular complexity index is 910. The van der Waals surface area contributed by atoms with Crippen LogP contribution in [-0.2, 0) is 16.4 Å². The lowest BCUT2D eigenvalue weighted by molar-refractivity contribution is 0.268. The van der Waals surface area contributed by atoms with Crippen LogP contribution >= 0.6 is 12.2 Å². The molecule has 0 saturated carbocycles. The Morgan fingerprint density at radius 2 is 1.61 bits per heavy atom. The highest BCUT2D eigenvalue weighted by Crippen LogP contribution is 2.26. The van der Waals surface area contributed by atoms with E-state index in [1.807, 2.05) is 19.1 Å². The topological polar surface area (TPSA) is 61.4 Å². The molecule has 0 aromatic heterocycles. The van der Waals surface area contributed by atoms with E-state index in [4.69, 9.17) is 12.2 Å². The fourth-order valence-corrected chi connectivity index (χ4v) is 5.33. The van der Waals surface area contributed by atoms with E-state index >= 15 is 0 Å². The summed E-state index contributed by atoms with van der Waals surface area (Å²) < 4.78 is 27.4. The highest BCUT2D eigenvalue weighted by molar-refractivity contribution is 7.89. The van der Waals surface area contributed by atoms with E-state index in [2.05, 4.69) is 29.7 Å². The van der Waals surface area contributed by atoms with Crippen LogP contribution in [0.1, 0.15) is 38.7 Å². The van der Waals surface area contributed by atoms with Gasteiger partial charge in [-0.2, -0.15) is 4.31 Å². The van der Waals surface area contributed by atoms with Gasteiger partial charge in [0.1, 0.15) is 0 Å². The largest absolute Gasteiger partial charge is 0.332 e. The lowest BCUT2D eigenvalue weighted by Crippen LogP contribution is -2.41. The smallest absolute Gasteiger partial charge is 0.243 e. The van der Waals surface area contributed by atoms with Gasteiger partial charge in [-0.3, -0.25) is 0 Å². The summed E-state index contributed by atoms with van der Waals surface area (Å²) in [5.74, 6) is 0. The second-order valence-electron chi connectivity index (χ2n) is 7.11. The molecule has 2 aromatic rings. The van der Waals surface area contributed by atoms with Gasteiger partial charge in [0.25, 0.3) is 0 Å². The number of thiocarbonyl (C=S) groups is 1. The molecular weight excluding hydrogens is 390 g/mol. The second-order valence-corrected chi connectivity index (χ2v) is 9.41. The van der Waals surface area contributed by atoms with Crippen molar-refractivity contribution in [2.45, 2.75) is 50.5 Å². The minimum atomic E-state index is -3.45. The monoisotopic (exact) mass is 417 g/mol. The molecule has 28 heavy (non-hydrogen) atoms. The maximum atomic E-state index is 12.9. The summed E-state index contributed by atoms with van der Waals surface area (Å²) in [4.78, 5) is 0.320. The summed E-state index contributed by atoms with van der Waals surface area (Å²) in [5.41, 5.74) is 2.92. The van der Waals surface area contributed by atoms with Gasteiger partial charge < -0.3 is 10.6 Å². The fourth-order valence-electron chi connectivity index (χ4n) is 3.39. The summed E-state index contributed by atoms with van der Waals surface area (Å²) in [6.07, 6.45) is 3.91. The summed E-state index contributed by atoms with van der Waals surface area (Å²) in [7, 11) is -3.45. The number of aryl methyl sites for hydroxylation is 1. The van der Waals surface area contributed by atoms with Crippen LogP contribution in [0, 0.1) is 0 Å². The van der Waals surface area contributed by atoms with E-state index in [0.29, 0.717) is 16.6 Å². The maximum absolute atomic E-state index is 12.9. The summed E-state index contributed by atoms with van der Waals surface area (Å²) >= 11 is 5.35. The van der Waals surface area contributed by atoms with Crippen molar-refractivity contribution in [2.24, 2.45) is 0 Å². The Kier molecular flexibility index (Phi) is 6.69. The number of nitrogens with one attached hydrogen (secondary N) is 2. The fraction of sp³-hybridized carbons (Fsp3) is 0.381. The van der Waals surface area contributed by atoms with Crippen molar-refractivity contribution in [3.63, 3.8) is 0 Å². The van der Waals surface area contributed by atoms with Gasteiger partial charge in [-0.25, -0.2) is 8.42 Å². The molecule has 3 rings (SSSR count). The number of sulfonamides is 1. The molecule has 0 radical (unpaired) electrons. The van der Waals surface area contributed by atoms with Crippen LogP contribution in [0.3, 0.4) is 0 Å². The average molecular weight is 418 g/mol. The highest BCUT2D eigenvalue weighted by Gasteiger charge is 2.30. The van der Waals surface area contributed by atoms with Crippen LogP contribution in [-0.4, -0.2) is 30.4 Å². The molecule has 1 aliphatic rings. The zero-order valence-electron chi connectivity index (χ0n) is 16.3. The van der Waals surface area contributed by atoms with Crippen molar-refractivity contribution in [1.82, 2.24) is 4.31 Å². The van der Waals surface area contributed by atoms with Crippen molar-refractivity contribution in [3.8, 4) is 0 Å². The van der Waals surface area contributed by atoms with Gasteiger partial charge in [-0.15, -0.1) is 0 Å². The number of piperidine rings is 1. The second kappa shape index (κ2) is 9.03. The molecule has 1 atom stereocenters. The lowest BCUT2D eigenvalue weighted by atomic mass is 10.1. The molecule has 1 heterocycles. The molecule has 1 unspecified atom stereocenters. The molecule has 7 heteroatoms. The lowest BCUT2D eigenvalue weighted by Gasteiger charge is -2.32. The van der Waals surface area contributed by atoms with E-state index in [1.165, 1.54) is 5.56 Å². The zero-order valence-corrected chi connectivity index (χ0v) is 17.9. The predicted octanol–water partition coefficient (Wildman–Crippen LogP) is 4.62. The SMILES string of the molecule is CCc1ccc(NC(=S)Nc2ccc(S(=O)(=O)N3CCCCC3C)cc2)cc1. The van der Waals surface area contributed by atoms with Crippen molar-refractivity contribution in [2.75, 3.05) is 17.2 Å². The van der Waals surface area contributed by atoms with Crippen molar-refractivity contribution < 1.29 is 8.42 Å². The van der Waals surface area contributed by atoms with Crippen LogP contribution in [0.15, 0.2) is 53.4 Å². The average Bonchev–Trinajstić information content (AvgIpc) is 2.69. The van der Waals surface area contributed by atoms with Crippen LogP contribution in [0.4, 0.5) is 11.4 Å². The Balaban J connectivity index is 1.64. The molecule has 1 fully saturated rings. The van der Waals surface area contributed by atoms with Crippen molar-refractivity contribution in [1.29, 1.82) is 0 Å². The van der Waals surface area contributed by atoms with Gasteiger partial charge in [0.05, 0.1) is 4.90 Å². The molecule has 0 aliphatic carbocycles. The Morgan fingerprint density at radius 3 is 2.14 bits per heavy atom. The Labute approximate surface area is 173 Å². The first-order valence-electron chi connectivity index (χ1n) is 9.69. The highest BCUT2D eigenvalue weighted by atomic mass is 32.2. The molecule has 5 nitrogen and oxygen atoms in total. The van der Waals surface area contributed by atoms with Gasteiger partial charge >= 0.3 is 0 Å². The van der Waals surface area contributed by atoms with Crippen LogP contribution in [0.25, 0.3) is 0 Å². The van der Waals surface area contributed by atoms with E-state index in [-0.39, 0.29) is 6.04 Å². The Hall–Kier alpha value is -1.96. The molecule has 0 spiro atoms. The first kappa shape index (κ1) is 20.8. The third kappa shape index (κ3) is 4.90. The number of hydrogen-bond donors (Lipinski definition) is 2. The first-order chi connectivity index (χ1) is 13.4. The zero-order chi connectivity index (χ0) is 20.1. The molecule has 2 aromatic carbocycles. The molecular formula is C21H27N3O2S2. The summed E-state index contributed by atoms with van der Waals surface area (Å²) in [6, 6.07) is 14.9. The van der Waals surface area contributed by atoms with Crippen molar-refractivity contribution >= 4 is 38.7 Å². The van der Waals surface area contributed by atoms with E-state index in [0.717, 1.165) is 37.1 Å². The molecule has 1 saturated heterocycles. The number of nitrogens with zero attached hydrogens (tertiary/aromatic N) is 1. The van der Waals surface area contributed by atoms with Crippen LogP contribution < -0.4 is 10.6 Å². The van der Waals surface area contributed by atoms with Crippen LogP contribution in [0.5, 0.6) is 0 Å². The normalized spacial score (nSPS) is 17.9. The van der Waals surface area contributed by atoms with Gasteiger partial charge in [-0.1, -0.05) is 25.5 Å². The quantitative estimate of drug-likeness (QED) is 0.695. The van der Waals surface area contributed by atoms with E-state index in [1.54, 1.807) is 28.6 Å². The summed E-state index contributed by atoms with van der Waals surface area (Å²) in [5, 5.41) is 6.70. The maximum Gasteiger partial charge on any atom is 0.243 e. The number of benzene rings is 2. The molecule has 0 bridgehead atoms. The Morgan fingerprint density at radius 1 is 1.04 bits per heavy atom. The van der Waals surface area contributed by atoms with E-state index < -0.39 is 10.0 Å².